The van der Waals surface area contributed by atoms with E-state index in [-0.39, 0.29) is 16.9 Å². The molecule has 2 aromatic rings. The number of carbonyl (C=O) groups is 2. The third-order valence-corrected chi connectivity index (χ3v) is 3.82. The molecular formula is C20H16F3NO5. The third kappa shape index (κ3) is 4.87. The van der Waals surface area contributed by atoms with Crippen LogP contribution in [0.2, 0.25) is 0 Å². The lowest BCUT2D eigenvalue weighted by molar-refractivity contribution is -0.274. The minimum atomic E-state index is -4.86. The highest BCUT2D eigenvalue weighted by Crippen LogP contribution is 2.37. The van der Waals surface area contributed by atoms with Gasteiger partial charge >= 0.3 is 18.3 Å². The van der Waals surface area contributed by atoms with Gasteiger partial charge in [0.1, 0.15) is 5.75 Å². The first-order chi connectivity index (χ1) is 13.6. The molecule has 3 rings (SSSR count). The average molecular weight is 407 g/mol. The van der Waals surface area contributed by atoms with Crippen molar-refractivity contribution < 1.29 is 37.0 Å². The number of hydrogen-bond donors (Lipinski definition) is 1. The molecule has 0 radical (unpaired) electrons. The van der Waals surface area contributed by atoms with Crippen LogP contribution in [0.4, 0.5) is 18.9 Å². The minimum Gasteiger partial charge on any atom is -0.419 e. The molecule has 1 aliphatic rings. The fraction of sp³-hybridized carbons (Fsp3) is 0.200. The number of nitrogens with one attached hydrogen (secondary N) is 1. The van der Waals surface area contributed by atoms with Crippen molar-refractivity contribution in [1.82, 2.24) is 0 Å². The van der Waals surface area contributed by atoms with E-state index in [0.717, 1.165) is 6.20 Å². The zero-order valence-corrected chi connectivity index (χ0v) is 15.4. The van der Waals surface area contributed by atoms with Crippen molar-refractivity contribution in [2.24, 2.45) is 0 Å². The SMILES string of the molecule is CC1(C)OC(=O)C(=CNc2ccccc2-c2ccccc2OC(F)(F)F)C(=O)O1. The van der Waals surface area contributed by atoms with Crippen LogP contribution in [0.15, 0.2) is 60.3 Å². The monoisotopic (exact) mass is 407 g/mol. The number of ether oxygens (including phenoxy) is 3. The second-order valence-corrected chi connectivity index (χ2v) is 6.47. The predicted octanol–water partition coefficient (Wildman–Crippen LogP) is 4.38. The normalized spacial score (nSPS) is 16.0. The molecule has 0 unspecified atom stereocenters. The zero-order valence-electron chi connectivity index (χ0n) is 15.4. The van der Waals surface area contributed by atoms with Crippen LogP contribution in [-0.4, -0.2) is 24.1 Å². The van der Waals surface area contributed by atoms with Gasteiger partial charge in [-0.3, -0.25) is 0 Å². The highest BCUT2D eigenvalue weighted by atomic mass is 19.4. The number of alkyl halides is 3. The van der Waals surface area contributed by atoms with Gasteiger partial charge in [-0.25, -0.2) is 9.59 Å². The Morgan fingerprint density at radius 2 is 1.48 bits per heavy atom. The Hall–Kier alpha value is -3.49. The lowest BCUT2D eigenvalue weighted by Gasteiger charge is -2.29. The van der Waals surface area contributed by atoms with Gasteiger partial charge in [0.2, 0.25) is 0 Å². The molecule has 0 aromatic heterocycles. The van der Waals surface area contributed by atoms with Crippen molar-refractivity contribution in [2.75, 3.05) is 5.32 Å². The standard InChI is InChI=1S/C20H16F3NO5/c1-19(2)28-17(25)14(18(26)29-19)11-24-15-9-5-3-7-12(15)13-8-4-6-10-16(13)27-20(21,22)23/h3-11,24H,1-2H3. The van der Waals surface area contributed by atoms with Gasteiger partial charge in [-0.05, 0) is 12.1 Å². The Bertz CT molecular complexity index is 960. The Kier molecular flexibility index (Phi) is 5.23. The van der Waals surface area contributed by atoms with Gasteiger partial charge in [-0.1, -0.05) is 36.4 Å². The van der Waals surface area contributed by atoms with E-state index < -0.39 is 24.1 Å². The van der Waals surface area contributed by atoms with Gasteiger partial charge in [0.25, 0.3) is 5.79 Å². The quantitative estimate of drug-likeness (QED) is 0.461. The summed E-state index contributed by atoms with van der Waals surface area (Å²) < 4.78 is 52.3. The second-order valence-electron chi connectivity index (χ2n) is 6.47. The summed E-state index contributed by atoms with van der Waals surface area (Å²) in [4.78, 5) is 24.1. The summed E-state index contributed by atoms with van der Waals surface area (Å²) in [7, 11) is 0. The average Bonchev–Trinajstić information content (AvgIpc) is 2.59. The number of halogens is 3. The van der Waals surface area contributed by atoms with Crippen LogP contribution in [0.1, 0.15) is 13.8 Å². The van der Waals surface area contributed by atoms with E-state index in [1.165, 1.54) is 32.0 Å². The van der Waals surface area contributed by atoms with Crippen LogP contribution in [0.3, 0.4) is 0 Å². The molecule has 1 fully saturated rings. The van der Waals surface area contributed by atoms with Crippen molar-refractivity contribution in [3.05, 3.63) is 60.3 Å². The number of esters is 2. The highest BCUT2D eigenvalue weighted by molar-refractivity contribution is 6.15. The summed E-state index contributed by atoms with van der Waals surface area (Å²) in [6.07, 6.45) is -3.77. The van der Waals surface area contributed by atoms with E-state index in [0.29, 0.717) is 11.3 Å². The molecule has 0 atom stereocenters. The molecule has 0 amide bonds. The summed E-state index contributed by atoms with van der Waals surface area (Å²) in [5.74, 6) is -3.52. The van der Waals surface area contributed by atoms with Gasteiger partial charge in [-0.2, -0.15) is 0 Å². The Labute approximate surface area is 163 Å². The van der Waals surface area contributed by atoms with Gasteiger partial charge in [0, 0.05) is 36.9 Å². The van der Waals surface area contributed by atoms with Crippen LogP contribution < -0.4 is 10.1 Å². The molecule has 29 heavy (non-hydrogen) atoms. The van der Waals surface area contributed by atoms with E-state index in [9.17, 15) is 22.8 Å². The van der Waals surface area contributed by atoms with E-state index >= 15 is 0 Å². The second kappa shape index (κ2) is 7.50. The number of anilines is 1. The van der Waals surface area contributed by atoms with Crippen LogP contribution >= 0.6 is 0 Å². The Morgan fingerprint density at radius 3 is 2.10 bits per heavy atom. The van der Waals surface area contributed by atoms with Crippen molar-refractivity contribution in [2.45, 2.75) is 26.0 Å². The summed E-state index contributed by atoms with van der Waals surface area (Å²) in [6.45, 7) is 2.83. The number of benzene rings is 2. The fourth-order valence-electron chi connectivity index (χ4n) is 2.68. The molecule has 1 heterocycles. The highest BCUT2D eigenvalue weighted by Gasteiger charge is 2.39. The van der Waals surface area contributed by atoms with E-state index in [2.05, 4.69) is 10.1 Å². The lowest BCUT2D eigenvalue weighted by Crippen LogP contribution is -2.42. The smallest absolute Gasteiger partial charge is 0.419 e. The van der Waals surface area contributed by atoms with E-state index in [1.54, 1.807) is 30.3 Å². The first-order valence-electron chi connectivity index (χ1n) is 8.43. The fourth-order valence-corrected chi connectivity index (χ4v) is 2.68. The number of rotatable bonds is 4. The summed E-state index contributed by atoms with van der Waals surface area (Å²) in [5, 5.41) is 2.76. The number of hydrogen-bond acceptors (Lipinski definition) is 6. The molecule has 9 heteroatoms. The third-order valence-electron chi connectivity index (χ3n) is 3.82. The maximum absolute atomic E-state index is 12.7. The maximum Gasteiger partial charge on any atom is 0.573 e. The molecule has 1 aliphatic heterocycles. The van der Waals surface area contributed by atoms with Gasteiger partial charge < -0.3 is 19.5 Å². The van der Waals surface area contributed by atoms with Crippen LogP contribution in [0.25, 0.3) is 11.1 Å². The van der Waals surface area contributed by atoms with E-state index in [4.69, 9.17) is 9.47 Å². The van der Waals surface area contributed by atoms with Crippen molar-refractivity contribution in [3.8, 4) is 16.9 Å². The predicted molar refractivity (Wildman–Crippen MR) is 96.5 cm³/mol. The Balaban J connectivity index is 1.94. The number of para-hydroxylation sites is 2. The van der Waals surface area contributed by atoms with Crippen molar-refractivity contribution in [3.63, 3.8) is 0 Å². The molecule has 152 valence electrons. The molecule has 2 aromatic carbocycles. The maximum atomic E-state index is 12.7. The molecular weight excluding hydrogens is 391 g/mol. The largest absolute Gasteiger partial charge is 0.573 e. The topological polar surface area (TPSA) is 73.9 Å². The lowest BCUT2D eigenvalue weighted by atomic mass is 10.0. The molecule has 6 nitrogen and oxygen atoms in total. The summed E-state index contributed by atoms with van der Waals surface area (Å²) >= 11 is 0. The van der Waals surface area contributed by atoms with Gasteiger partial charge in [-0.15, -0.1) is 13.2 Å². The van der Waals surface area contributed by atoms with Crippen LogP contribution in [0.5, 0.6) is 5.75 Å². The summed E-state index contributed by atoms with van der Waals surface area (Å²) in [6, 6.07) is 12.0. The van der Waals surface area contributed by atoms with Gasteiger partial charge in [0.05, 0.1) is 0 Å². The Morgan fingerprint density at radius 1 is 0.931 bits per heavy atom. The molecule has 1 N–H and O–H groups in total. The molecule has 0 bridgehead atoms. The summed E-state index contributed by atoms with van der Waals surface area (Å²) in [5.41, 5.74) is 0.492. The number of cyclic esters (lactones) is 2. The molecule has 0 aliphatic carbocycles. The molecule has 0 spiro atoms. The first-order valence-corrected chi connectivity index (χ1v) is 8.43. The van der Waals surface area contributed by atoms with Crippen LogP contribution in [-0.2, 0) is 19.1 Å². The minimum absolute atomic E-state index is 0.168. The van der Waals surface area contributed by atoms with Crippen LogP contribution in [0, 0.1) is 0 Å². The van der Waals surface area contributed by atoms with Gasteiger partial charge in [0.15, 0.2) is 5.57 Å². The van der Waals surface area contributed by atoms with Crippen molar-refractivity contribution in [1.29, 1.82) is 0 Å². The van der Waals surface area contributed by atoms with E-state index in [1.807, 2.05) is 0 Å². The molecule has 1 saturated heterocycles. The molecule has 0 saturated carbocycles. The first kappa shape index (κ1) is 20.2. The van der Waals surface area contributed by atoms with Crippen molar-refractivity contribution >= 4 is 17.6 Å². The zero-order chi connectivity index (χ0) is 21.2. The number of carbonyl (C=O) groups excluding carboxylic acids is 2.